The predicted molar refractivity (Wildman–Crippen MR) is 86.6 cm³/mol. The second-order valence-electron chi connectivity index (χ2n) is 4.02. The van der Waals surface area contributed by atoms with Crippen molar-refractivity contribution in [3.63, 3.8) is 0 Å². The molecule has 0 aromatic rings. The van der Waals surface area contributed by atoms with Gasteiger partial charge in [0.05, 0.1) is 13.2 Å². The lowest BCUT2D eigenvalue weighted by Crippen LogP contribution is -2.02. The van der Waals surface area contributed by atoms with Gasteiger partial charge in [-0.1, -0.05) is 26.7 Å². The van der Waals surface area contributed by atoms with Gasteiger partial charge >= 0.3 is 11.9 Å². The van der Waals surface area contributed by atoms with Crippen molar-refractivity contribution in [1.29, 1.82) is 0 Å². The van der Waals surface area contributed by atoms with E-state index in [9.17, 15) is 9.59 Å². The molecular weight excluding hydrogens is 292 g/mol. The molecule has 136 valence electrons. The lowest BCUT2D eigenvalue weighted by molar-refractivity contribution is -0.138. The summed E-state index contributed by atoms with van der Waals surface area (Å²) in [7, 11) is 0. The molecule has 0 spiro atoms. The molecule has 8 heteroatoms. The van der Waals surface area contributed by atoms with Gasteiger partial charge in [0, 0.05) is 25.9 Å². The van der Waals surface area contributed by atoms with Crippen LogP contribution in [0.4, 0.5) is 0 Å². The predicted octanol–water partition coefficient (Wildman–Crippen LogP) is 0.397. The quantitative estimate of drug-likeness (QED) is 0.372. The molecular formula is C14H34N2O6. The van der Waals surface area contributed by atoms with E-state index in [-0.39, 0.29) is 13.2 Å². The minimum absolute atomic E-state index is 0.0972. The number of aliphatic hydroxyl groups excluding tert-OH is 2. The third kappa shape index (κ3) is 77.0. The van der Waals surface area contributed by atoms with E-state index in [0.29, 0.717) is 25.9 Å². The fourth-order valence-electron chi connectivity index (χ4n) is 0.656. The van der Waals surface area contributed by atoms with Gasteiger partial charge in [-0.05, 0) is 12.8 Å². The van der Waals surface area contributed by atoms with Crippen molar-refractivity contribution in [2.75, 3.05) is 26.3 Å². The molecule has 8 nitrogen and oxygen atoms in total. The van der Waals surface area contributed by atoms with E-state index >= 15 is 0 Å². The fourth-order valence-corrected chi connectivity index (χ4v) is 0.656. The molecule has 0 unspecified atom stereocenters. The summed E-state index contributed by atoms with van der Waals surface area (Å²) in [6.07, 6.45) is 4.16. The van der Waals surface area contributed by atoms with Crippen LogP contribution in [0.3, 0.4) is 0 Å². The first-order valence-corrected chi connectivity index (χ1v) is 7.43. The van der Waals surface area contributed by atoms with Gasteiger partial charge in [0.25, 0.3) is 0 Å². The molecule has 0 atom stereocenters. The summed E-state index contributed by atoms with van der Waals surface area (Å²) < 4.78 is 0. The molecule has 0 saturated carbocycles. The molecule has 0 saturated heterocycles. The van der Waals surface area contributed by atoms with Crippen LogP contribution in [0, 0.1) is 0 Å². The SMILES string of the molecule is CCCCC(=O)O.CCCCC(=O)O.NCCO.NCCO. The molecule has 0 bridgehead atoms. The van der Waals surface area contributed by atoms with E-state index in [1.165, 1.54) is 0 Å². The Morgan fingerprint density at radius 1 is 0.773 bits per heavy atom. The van der Waals surface area contributed by atoms with Crippen molar-refractivity contribution in [1.82, 2.24) is 0 Å². The van der Waals surface area contributed by atoms with Gasteiger partial charge in [0.2, 0.25) is 0 Å². The number of unbranched alkanes of at least 4 members (excludes halogenated alkanes) is 2. The smallest absolute Gasteiger partial charge is 0.303 e. The Kier molecular flexibility index (Phi) is 41.9. The van der Waals surface area contributed by atoms with Crippen molar-refractivity contribution < 1.29 is 30.0 Å². The van der Waals surface area contributed by atoms with Gasteiger partial charge in [0.1, 0.15) is 0 Å². The monoisotopic (exact) mass is 326 g/mol. The number of aliphatic hydroxyl groups is 2. The van der Waals surface area contributed by atoms with E-state index in [4.69, 9.17) is 31.9 Å². The van der Waals surface area contributed by atoms with Crippen LogP contribution >= 0.6 is 0 Å². The van der Waals surface area contributed by atoms with Crippen LogP contribution in [-0.2, 0) is 9.59 Å². The molecule has 0 fully saturated rings. The number of hydrogen-bond acceptors (Lipinski definition) is 6. The molecule has 22 heavy (non-hydrogen) atoms. The Labute approximate surface area is 133 Å². The highest BCUT2D eigenvalue weighted by molar-refractivity contribution is 5.66. The number of nitrogens with two attached hydrogens (primary N) is 2. The second kappa shape index (κ2) is 31.9. The summed E-state index contributed by atoms with van der Waals surface area (Å²) in [5, 5.41) is 31.6. The summed E-state index contributed by atoms with van der Waals surface area (Å²) in [6.45, 7) is 4.89. The highest BCUT2D eigenvalue weighted by atomic mass is 16.4. The van der Waals surface area contributed by atoms with Gasteiger partial charge < -0.3 is 31.9 Å². The number of carbonyl (C=O) groups is 2. The largest absolute Gasteiger partial charge is 0.481 e. The number of hydrogen-bond donors (Lipinski definition) is 6. The van der Waals surface area contributed by atoms with Crippen molar-refractivity contribution >= 4 is 11.9 Å². The number of carboxylic acid groups (broad SMARTS) is 2. The van der Waals surface area contributed by atoms with Crippen LogP contribution in [0.5, 0.6) is 0 Å². The molecule has 0 radical (unpaired) electrons. The lowest BCUT2D eigenvalue weighted by atomic mass is 10.3. The normalized spacial score (nSPS) is 8.27. The second-order valence-corrected chi connectivity index (χ2v) is 4.02. The Morgan fingerprint density at radius 2 is 1.00 bits per heavy atom. The fraction of sp³-hybridized carbons (Fsp3) is 0.857. The lowest BCUT2D eigenvalue weighted by Gasteiger charge is -1.85. The molecule has 0 rings (SSSR count). The zero-order chi connectivity index (χ0) is 18.2. The number of rotatable bonds is 8. The van der Waals surface area contributed by atoms with E-state index in [1.54, 1.807) is 0 Å². The maximum absolute atomic E-state index is 9.76. The third-order valence-electron chi connectivity index (χ3n) is 1.75. The Hall–Kier alpha value is -1.22. The van der Waals surface area contributed by atoms with E-state index in [2.05, 4.69) is 0 Å². The third-order valence-corrected chi connectivity index (χ3v) is 1.75. The van der Waals surface area contributed by atoms with Gasteiger partial charge in [0.15, 0.2) is 0 Å². The highest BCUT2D eigenvalue weighted by Gasteiger charge is 1.91. The van der Waals surface area contributed by atoms with Crippen molar-refractivity contribution in [3.05, 3.63) is 0 Å². The maximum Gasteiger partial charge on any atom is 0.303 e. The average molecular weight is 326 g/mol. The molecule has 0 aliphatic carbocycles. The van der Waals surface area contributed by atoms with Crippen molar-refractivity contribution in [3.8, 4) is 0 Å². The van der Waals surface area contributed by atoms with Crippen molar-refractivity contribution in [2.24, 2.45) is 11.5 Å². The highest BCUT2D eigenvalue weighted by Crippen LogP contribution is 1.91. The van der Waals surface area contributed by atoms with Crippen LogP contribution in [0.15, 0.2) is 0 Å². The summed E-state index contributed by atoms with van der Waals surface area (Å²) in [6, 6.07) is 0. The topological polar surface area (TPSA) is 167 Å². The first kappa shape index (κ1) is 28.9. The van der Waals surface area contributed by atoms with Gasteiger partial charge in [-0.25, -0.2) is 0 Å². The van der Waals surface area contributed by atoms with E-state index < -0.39 is 11.9 Å². The summed E-state index contributed by atoms with van der Waals surface area (Å²) >= 11 is 0. The molecule has 8 N–H and O–H groups in total. The van der Waals surface area contributed by atoms with Crippen LogP contribution in [0.2, 0.25) is 0 Å². The number of aliphatic carboxylic acids is 2. The van der Waals surface area contributed by atoms with Crippen LogP contribution < -0.4 is 11.5 Å². The van der Waals surface area contributed by atoms with Gasteiger partial charge in [-0.3, -0.25) is 9.59 Å². The Balaban J connectivity index is -0.000000102. The first-order valence-electron chi connectivity index (χ1n) is 7.43. The zero-order valence-electron chi connectivity index (χ0n) is 13.8. The molecule has 0 amide bonds. The zero-order valence-corrected chi connectivity index (χ0v) is 13.8. The Bertz CT molecular complexity index is 190. The molecule has 0 aliphatic heterocycles. The molecule has 0 aliphatic rings. The maximum atomic E-state index is 9.76. The summed E-state index contributed by atoms with van der Waals surface area (Å²) in [5.74, 6) is -1.39. The summed E-state index contributed by atoms with van der Waals surface area (Å²) in [4.78, 5) is 19.5. The van der Waals surface area contributed by atoms with Crippen LogP contribution in [-0.4, -0.2) is 58.7 Å². The van der Waals surface area contributed by atoms with Gasteiger partial charge in [-0.2, -0.15) is 0 Å². The molecule has 0 heterocycles. The van der Waals surface area contributed by atoms with Crippen LogP contribution in [0.25, 0.3) is 0 Å². The Morgan fingerprint density at radius 3 is 1.05 bits per heavy atom. The van der Waals surface area contributed by atoms with E-state index in [1.807, 2.05) is 13.8 Å². The van der Waals surface area contributed by atoms with E-state index in [0.717, 1.165) is 25.7 Å². The van der Waals surface area contributed by atoms with Crippen molar-refractivity contribution in [2.45, 2.75) is 52.4 Å². The molecule has 0 aromatic heterocycles. The average Bonchev–Trinajstić information content (AvgIpc) is 2.51. The minimum atomic E-state index is -0.693. The standard InChI is InChI=1S/2C5H10O2.2C2H7NO/c2*1-2-3-4-5(6)7;2*3-1-2-4/h2*2-4H2,1H3,(H,6,7);2*4H,1-3H2. The first-order chi connectivity index (χ1) is 10.4. The van der Waals surface area contributed by atoms with Gasteiger partial charge in [-0.15, -0.1) is 0 Å². The van der Waals surface area contributed by atoms with Crippen LogP contribution in [0.1, 0.15) is 52.4 Å². The summed E-state index contributed by atoms with van der Waals surface area (Å²) in [5.41, 5.74) is 9.56. The number of carboxylic acids is 2. The molecule has 0 aromatic carbocycles. The minimum Gasteiger partial charge on any atom is -0.481 e.